The molecule has 2 aromatic rings. The van der Waals surface area contributed by atoms with Gasteiger partial charge in [0.1, 0.15) is 17.4 Å². The number of rotatable bonds is 4. The minimum atomic E-state index is -2.51. The summed E-state index contributed by atoms with van der Waals surface area (Å²) in [7, 11) is 2.27. The lowest BCUT2D eigenvalue weighted by atomic mass is 9.64. The van der Waals surface area contributed by atoms with Crippen molar-refractivity contribution >= 4 is 23.2 Å². The van der Waals surface area contributed by atoms with Gasteiger partial charge in [-0.3, -0.25) is 9.59 Å². The van der Waals surface area contributed by atoms with Crippen LogP contribution in [0.4, 0.5) is 5.69 Å². The zero-order valence-corrected chi connectivity index (χ0v) is 22.3. The van der Waals surface area contributed by atoms with Gasteiger partial charge in [-0.2, -0.15) is 0 Å². The van der Waals surface area contributed by atoms with Gasteiger partial charge in [-0.05, 0) is 37.3 Å². The van der Waals surface area contributed by atoms with Crippen molar-refractivity contribution in [2.75, 3.05) is 19.5 Å². The highest BCUT2D eigenvalue weighted by Gasteiger charge is 2.87. The summed E-state index contributed by atoms with van der Waals surface area (Å²) in [6.45, 7) is 1.09. The summed E-state index contributed by atoms with van der Waals surface area (Å²) >= 11 is 0. The Bertz CT molecular complexity index is 1790. The summed E-state index contributed by atoms with van der Waals surface area (Å²) in [5.41, 5.74) is -8.23. The molecular weight excluding hydrogens is 550 g/mol. The summed E-state index contributed by atoms with van der Waals surface area (Å²) in [6, 6.07) is 2.33. The van der Waals surface area contributed by atoms with Crippen LogP contribution in [0.15, 0.2) is 30.4 Å². The number of phenolic OH excluding ortho intramolecular Hbond substituents is 2. The van der Waals surface area contributed by atoms with E-state index in [4.69, 9.17) is 9.47 Å². The third kappa shape index (κ3) is 3.09. The molecule has 0 amide bonds. The number of carbonyl (C=O) groups is 3. The van der Waals surface area contributed by atoms with E-state index in [0.29, 0.717) is 0 Å². The average molecular weight is 574 g/mol. The molecule has 12 heteroatoms. The number of epoxide rings is 1. The van der Waals surface area contributed by atoms with E-state index in [1.807, 2.05) is 0 Å². The number of ketones is 2. The molecule has 214 valence electrons. The molecule has 2 aliphatic heterocycles. The van der Waals surface area contributed by atoms with E-state index < -0.39 is 64.1 Å². The van der Waals surface area contributed by atoms with E-state index in [2.05, 4.69) is 33.7 Å². The van der Waals surface area contributed by atoms with E-state index in [9.17, 15) is 39.9 Å². The number of allylic oxidation sites excluding steroid dienone is 2. The molecule has 2 heterocycles. The molecule has 2 aliphatic carbocycles. The van der Waals surface area contributed by atoms with Gasteiger partial charge in [-0.1, -0.05) is 23.7 Å². The van der Waals surface area contributed by atoms with Gasteiger partial charge in [0.2, 0.25) is 5.78 Å². The van der Waals surface area contributed by atoms with E-state index in [1.54, 1.807) is 0 Å². The van der Waals surface area contributed by atoms with Crippen molar-refractivity contribution < 1.29 is 54.1 Å². The molecule has 6 atom stereocenters. The van der Waals surface area contributed by atoms with Crippen LogP contribution in [0.1, 0.15) is 44.3 Å². The molecule has 0 aromatic heterocycles. The summed E-state index contributed by atoms with van der Waals surface area (Å²) in [5.74, 6) is 6.52. The zero-order chi connectivity index (χ0) is 30.4. The Hall–Kier alpha value is -4.85. The fourth-order valence-electron chi connectivity index (χ4n) is 6.29. The summed E-state index contributed by atoms with van der Waals surface area (Å²) in [5, 5.41) is 59.1. The Morgan fingerprint density at radius 2 is 1.79 bits per heavy atom. The molecule has 0 unspecified atom stereocenters. The van der Waals surface area contributed by atoms with Crippen molar-refractivity contribution in [1.82, 2.24) is 0 Å². The minimum absolute atomic E-state index is 0.0717. The lowest BCUT2D eigenvalue weighted by Gasteiger charge is -2.43. The first-order chi connectivity index (χ1) is 19.9. The van der Waals surface area contributed by atoms with Gasteiger partial charge in [0, 0.05) is 11.1 Å². The van der Waals surface area contributed by atoms with Gasteiger partial charge >= 0.3 is 5.97 Å². The zero-order valence-electron chi connectivity index (χ0n) is 22.3. The number of hydrogen-bond acceptors (Lipinski definition) is 12. The quantitative estimate of drug-likeness (QED) is 0.105. The van der Waals surface area contributed by atoms with Crippen LogP contribution < -0.4 is 10.1 Å². The first-order valence-electron chi connectivity index (χ1n) is 12.6. The van der Waals surface area contributed by atoms with E-state index in [-0.39, 0.29) is 39.3 Å². The van der Waals surface area contributed by atoms with Gasteiger partial charge in [0.25, 0.3) is 0 Å². The number of carbonyl (C=O) groups excluding carboxylic acids is 3. The minimum Gasteiger partial charge on any atom is -0.507 e. The standard InChI is InChI=1S/C30H23NO11/c1-28(39,26(37)27(38)41-3)30-17-8-6-4-5-7-9-18(33)29(30,42-30)14-12-15(32)20-21(22(14)31-17)25(36)19-13(23(20)34)10-11-16(40-2)24(19)35/h4-5,10-12,17-18,26,31-33,35,37,39H,1-3H3/b5-4-/t17-,18+,26+,28+,29-,30+/m0/s1. The number of nitrogens with one attached hydrogen (secondary N) is 1. The van der Waals surface area contributed by atoms with Crippen molar-refractivity contribution in [2.24, 2.45) is 0 Å². The Balaban J connectivity index is 1.67. The van der Waals surface area contributed by atoms with Gasteiger partial charge in [0.15, 0.2) is 40.7 Å². The molecule has 12 nitrogen and oxygen atoms in total. The highest BCUT2D eigenvalue weighted by atomic mass is 16.7. The van der Waals surface area contributed by atoms with Gasteiger partial charge in [-0.15, -0.1) is 0 Å². The number of aromatic hydroxyl groups is 2. The largest absolute Gasteiger partial charge is 0.507 e. The topological polar surface area (TPSA) is 195 Å². The van der Waals surface area contributed by atoms with Gasteiger partial charge in [-0.25, -0.2) is 4.79 Å². The second-order valence-corrected chi connectivity index (χ2v) is 10.3. The highest BCUT2D eigenvalue weighted by molar-refractivity contribution is 6.32. The average Bonchev–Trinajstić information content (AvgIpc) is 3.70. The van der Waals surface area contributed by atoms with Crippen LogP contribution in [0.5, 0.6) is 17.2 Å². The van der Waals surface area contributed by atoms with Gasteiger partial charge in [0.05, 0.1) is 36.6 Å². The van der Waals surface area contributed by atoms with Crippen LogP contribution in [0.3, 0.4) is 0 Å². The van der Waals surface area contributed by atoms with Crippen molar-refractivity contribution in [3.05, 3.63) is 58.2 Å². The van der Waals surface area contributed by atoms with Crippen molar-refractivity contribution in [1.29, 1.82) is 0 Å². The fraction of sp³-hybridized carbons (Fsp3) is 0.300. The maximum Gasteiger partial charge on any atom is 0.337 e. The molecule has 1 fully saturated rings. The number of anilines is 1. The van der Waals surface area contributed by atoms with Crippen molar-refractivity contribution in [3.8, 4) is 40.9 Å². The fourth-order valence-corrected chi connectivity index (χ4v) is 6.29. The molecule has 1 saturated heterocycles. The Morgan fingerprint density at radius 1 is 1.10 bits per heavy atom. The molecule has 42 heavy (non-hydrogen) atoms. The lowest BCUT2D eigenvalue weighted by molar-refractivity contribution is -0.174. The number of benzene rings is 2. The smallest absolute Gasteiger partial charge is 0.337 e. The molecule has 2 aromatic carbocycles. The van der Waals surface area contributed by atoms with Crippen molar-refractivity contribution in [3.63, 3.8) is 0 Å². The van der Waals surface area contributed by atoms with E-state index in [1.165, 1.54) is 31.4 Å². The van der Waals surface area contributed by atoms with E-state index >= 15 is 0 Å². The molecule has 6 rings (SSSR count). The highest BCUT2D eigenvalue weighted by Crippen LogP contribution is 2.70. The monoisotopic (exact) mass is 573 g/mol. The van der Waals surface area contributed by atoms with Crippen LogP contribution >= 0.6 is 0 Å². The second-order valence-electron chi connectivity index (χ2n) is 10.3. The predicted molar refractivity (Wildman–Crippen MR) is 142 cm³/mol. The summed E-state index contributed by atoms with van der Waals surface area (Å²) < 4.78 is 15.9. The lowest BCUT2D eigenvalue weighted by Crippen LogP contribution is -2.66. The molecular formula is C30H23NO11. The molecule has 0 spiro atoms. The maximum absolute atomic E-state index is 14.0. The maximum atomic E-state index is 14.0. The number of aliphatic hydroxyl groups excluding tert-OH is 2. The van der Waals surface area contributed by atoms with Crippen LogP contribution in [0.25, 0.3) is 0 Å². The molecule has 0 radical (unpaired) electrons. The number of esters is 1. The number of ether oxygens (including phenoxy) is 3. The first kappa shape index (κ1) is 27.3. The molecule has 0 saturated carbocycles. The second kappa shape index (κ2) is 8.82. The Morgan fingerprint density at radius 3 is 2.45 bits per heavy atom. The first-order valence-corrected chi connectivity index (χ1v) is 12.6. The molecule has 6 N–H and O–H groups in total. The number of phenols is 2. The Kier molecular flexibility index (Phi) is 5.74. The number of methoxy groups -OCH3 is 2. The molecule has 4 aliphatic rings. The van der Waals surface area contributed by atoms with Crippen molar-refractivity contribution in [2.45, 2.75) is 42.0 Å². The van der Waals surface area contributed by atoms with Crippen LogP contribution in [0, 0.1) is 23.7 Å². The van der Waals surface area contributed by atoms with Crippen LogP contribution in [-0.2, 0) is 19.9 Å². The SMILES string of the molecule is COC(=O)[C@@H](O)[C@@](C)(O)[C@@]12O[C@]13c1cc(O)c4c(c1N[C@H]2C#C/C=C\C#C[C@H]3O)C(=O)c1c(ccc(OC)c1O)C4=O. The number of hydrogen-bond donors (Lipinski definition) is 6. The summed E-state index contributed by atoms with van der Waals surface area (Å²) in [6.07, 6.45) is -1.27. The third-order valence-electron chi connectivity index (χ3n) is 8.31. The summed E-state index contributed by atoms with van der Waals surface area (Å²) in [4.78, 5) is 40.0. The normalized spacial score (nSPS) is 28.7. The number of aliphatic hydroxyl groups is 3. The van der Waals surface area contributed by atoms with Gasteiger partial charge < -0.3 is 45.1 Å². The Labute approximate surface area is 238 Å². The van der Waals surface area contributed by atoms with E-state index in [0.717, 1.165) is 20.1 Å². The molecule has 2 bridgehead atoms. The van der Waals surface area contributed by atoms with Crippen LogP contribution in [0.2, 0.25) is 0 Å². The third-order valence-corrected chi connectivity index (χ3v) is 8.31. The number of fused-ring (bicyclic) bond motifs is 4. The predicted octanol–water partition coefficient (Wildman–Crippen LogP) is -0.137. The van der Waals surface area contributed by atoms with Crippen LogP contribution in [-0.4, -0.2) is 86.7 Å².